The number of ether oxygens (including phenoxy) is 1. The van der Waals surface area contributed by atoms with Gasteiger partial charge in [0, 0.05) is 13.1 Å². The second kappa shape index (κ2) is 9.97. The van der Waals surface area contributed by atoms with E-state index in [1.807, 2.05) is 13.0 Å². The first-order chi connectivity index (χ1) is 10.5. The van der Waals surface area contributed by atoms with Gasteiger partial charge < -0.3 is 15.4 Å². The fraction of sp³-hybridized carbons (Fsp3) is 0.562. The summed E-state index contributed by atoms with van der Waals surface area (Å²) in [4.78, 5) is 4.45. The van der Waals surface area contributed by atoms with E-state index in [1.54, 1.807) is 12.1 Å². The van der Waals surface area contributed by atoms with Crippen LogP contribution in [0.15, 0.2) is 29.3 Å². The highest BCUT2D eigenvalue weighted by Crippen LogP contribution is 2.16. The molecule has 1 aromatic rings. The van der Waals surface area contributed by atoms with Gasteiger partial charge in [-0.2, -0.15) is 8.78 Å². The number of rotatable bonds is 8. The topological polar surface area (TPSA) is 45.7 Å². The van der Waals surface area contributed by atoms with Crippen molar-refractivity contribution in [3.8, 4) is 5.75 Å². The molecule has 0 heterocycles. The second-order valence-electron chi connectivity index (χ2n) is 5.33. The Morgan fingerprint density at radius 1 is 1.27 bits per heavy atom. The van der Waals surface area contributed by atoms with Crippen LogP contribution in [0.5, 0.6) is 5.75 Å². The molecule has 0 aliphatic carbocycles. The van der Waals surface area contributed by atoms with Crippen LogP contribution in [-0.4, -0.2) is 25.7 Å². The summed E-state index contributed by atoms with van der Waals surface area (Å²) in [6.45, 7) is 5.53. The minimum atomic E-state index is -2.81. The monoisotopic (exact) mass is 313 g/mol. The van der Waals surface area contributed by atoms with Crippen molar-refractivity contribution in [2.75, 3.05) is 13.1 Å². The van der Waals surface area contributed by atoms with Gasteiger partial charge in [0.05, 0.1) is 6.54 Å². The number of aliphatic imine (C=N–C) groups is 1. The van der Waals surface area contributed by atoms with Gasteiger partial charge in [0.1, 0.15) is 5.75 Å². The number of alkyl halides is 2. The third kappa shape index (κ3) is 7.81. The van der Waals surface area contributed by atoms with Gasteiger partial charge in [-0.1, -0.05) is 26.0 Å². The van der Waals surface area contributed by atoms with E-state index in [2.05, 4.69) is 34.2 Å². The summed E-state index contributed by atoms with van der Waals surface area (Å²) in [6.07, 6.45) is 1.06. The van der Waals surface area contributed by atoms with Gasteiger partial charge in [0.2, 0.25) is 0 Å². The molecule has 1 aromatic carbocycles. The maximum Gasteiger partial charge on any atom is 0.387 e. The summed E-state index contributed by atoms with van der Waals surface area (Å²) < 4.78 is 28.8. The standard InChI is InChI=1S/C16H25F2N3O/c1-4-19-16(20-9-8-12(2)3)21-11-13-6-5-7-14(10-13)22-15(17)18/h5-7,10,12,15H,4,8-9,11H2,1-3H3,(H2,19,20,21). The van der Waals surface area contributed by atoms with E-state index in [0.717, 1.165) is 31.0 Å². The van der Waals surface area contributed by atoms with Crippen molar-refractivity contribution in [1.82, 2.24) is 10.6 Å². The summed E-state index contributed by atoms with van der Waals surface area (Å²) in [5.41, 5.74) is 0.819. The van der Waals surface area contributed by atoms with Gasteiger partial charge in [0.15, 0.2) is 5.96 Å². The Hall–Kier alpha value is -1.85. The van der Waals surface area contributed by atoms with Crippen LogP contribution < -0.4 is 15.4 Å². The second-order valence-corrected chi connectivity index (χ2v) is 5.33. The molecule has 0 unspecified atom stereocenters. The lowest BCUT2D eigenvalue weighted by Gasteiger charge is -2.12. The van der Waals surface area contributed by atoms with E-state index >= 15 is 0 Å². The van der Waals surface area contributed by atoms with Crippen LogP contribution in [0.25, 0.3) is 0 Å². The Morgan fingerprint density at radius 2 is 2.05 bits per heavy atom. The van der Waals surface area contributed by atoms with Crippen LogP contribution in [-0.2, 0) is 6.54 Å². The van der Waals surface area contributed by atoms with E-state index in [1.165, 1.54) is 6.07 Å². The molecule has 0 amide bonds. The van der Waals surface area contributed by atoms with E-state index < -0.39 is 6.61 Å². The zero-order valence-corrected chi connectivity index (χ0v) is 13.4. The molecule has 0 fully saturated rings. The van der Waals surface area contributed by atoms with E-state index in [0.29, 0.717) is 12.5 Å². The van der Waals surface area contributed by atoms with Gasteiger partial charge in [-0.3, -0.25) is 0 Å². The lowest BCUT2D eigenvalue weighted by molar-refractivity contribution is -0.0498. The number of nitrogens with zero attached hydrogens (tertiary/aromatic N) is 1. The molecule has 0 aliphatic heterocycles. The highest BCUT2D eigenvalue weighted by atomic mass is 19.3. The van der Waals surface area contributed by atoms with Crippen molar-refractivity contribution in [2.24, 2.45) is 10.9 Å². The number of guanidine groups is 1. The zero-order valence-electron chi connectivity index (χ0n) is 13.4. The highest BCUT2D eigenvalue weighted by molar-refractivity contribution is 5.79. The van der Waals surface area contributed by atoms with Crippen LogP contribution >= 0.6 is 0 Å². The summed E-state index contributed by atoms with van der Waals surface area (Å²) >= 11 is 0. The molecule has 6 heteroatoms. The largest absolute Gasteiger partial charge is 0.435 e. The van der Waals surface area contributed by atoms with Crippen molar-refractivity contribution in [3.63, 3.8) is 0 Å². The number of hydrogen-bond donors (Lipinski definition) is 2. The molecule has 0 saturated carbocycles. The Labute approximate surface area is 131 Å². The third-order valence-electron chi connectivity index (χ3n) is 2.90. The summed E-state index contributed by atoms with van der Waals surface area (Å²) in [5, 5.41) is 6.42. The molecule has 1 rings (SSSR count). The number of halogens is 2. The fourth-order valence-corrected chi connectivity index (χ4v) is 1.81. The van der Waals surface area contributed by atoms with E-state index in [4.69, 9.17) is 0 Å². The first kappa shape index (κ1) is 18.2. The Morgan fingerprint density at radius 3 is 2.68 bits per heavy atom. The summed E-state index contributed by atoms with van der Waals surface area (Å²) in [6, 6.07) is 6.60. The molecular weight excluding hydrogens is 288 g/mol. The van der Waals surface area contributed by atoms with Crippen molar-refractivity contribution in [1.29, 1.82) is 0 Å². The third-order valence-corrected chi connectivity index (χ3v) is 2.90. The number of benzene rings is 1. The zero-order chi connectivity index (χ0) is 16.4. The minimum Gasteiger partial charge on any atom is -0.435 e. The van der Waals surface area contributed by atoms with Crippen molar-refractivity contribution < 1.29 is 13.5 Å². The van der Waals surface area contributed by atoms with Crippen LogP contribution in [0.3, 0.4) is 0 Å². The molecule has 0 bridgehead atoms. The van der Waals surface area contributed by atoms with Crippen molar-refractivity contribution >= 4 is 5.96 Å². The Kier molecular flexibility index (Phi) is 8.25. The summed E-state index contributed by atoms with van der Waals surface area (Å²) in [7, 11) is 0. The maximum atomic E-state index is 12.2. The normalized spacial score (nSPS) is 11.9. The lowest BCUT2D eigenvalue weighted by atomic mass is 10.1. The molecular formula is C16H25F2N3O. The molecule has 2 N–H and O–H groups in total. The molecule has 4 nitrogen and oxygen atoms in total. The van der Waals surface area contributed by atoms with Gasteiger partial charge >= 0.3 is 6.61 Å². The fourth-order valence-electron chi connectivity index (χ4n) is 1.81. The molecule has 0 spiro atoms. The van der Waals surface area contributed by atoms with Gasteiger partial charge in [-0.15, -0.1) is 0 Å². The molecule has 0 radical (unpaired) electrons. The quantitative estimate of drug-likeness (QED) is 0.571. The maximum absolute atomic E-state index is 12.2. The minimum absolute atomic E-state index is 0.153. The Bertz CT molecular complexity index is 464. The van der Waals surface area contributed by atoms with E-state index in [9.17, 15) is 8.78 Å². The predicted molar refractivity (Wildman–Crippen MR) is 85.3 cm³/mol. The number of hydrogen-bond acceptors (Lipinski definition) is 2. The van der Waals surface area contributed by atoms with Gasteiger partial charge in [0.25, 0.3) is 0 Å². The molecule has 0 saturated heterocycles. The summed E-state index contributed by atoms with van der Waals surface area (Å²) in [5.74, 6) is 1.50. The van der Waals surface area contributed by atoms with Gasteiger partial charge in [-0.25, -0.2) is 4.99 Å². The van der Waals surface area contributed by atoms with Crippen LogP contribution in [0.4, 0.5) is 8.78 Å². The number of nitrogens with one attached hydrogen (secondary N) is 2. The highest BCUT2D eigenvalue weighted by Gasteiger charge is 2.05. The van der Waals surface area contributed by atoms with Crippen molar-refractivity contribution in [3.05, 3.63) is 29.8 Å². The van der Waals surface area contributed by atoms with Crippen LogP contribution in [0.1, 0.15) is 32.8 Å². The Balaban J connectivity index is 2.60. The smallest absolute Gasteiger partial charge is 0.387 e. The molecule has 0 aliphatic rings. The van der Waals surface area contributed by atoms with Crippen LogP contribution in [0.2, 0.25) is 0 Å². The predicted octanol–water partition coefficient (Wildman–Crippen LogP) is 3.39. The first-order valence-corrected chi connectivity index (χ1v) is 7.57. The average Bonchev–Trinajstić information content (AvgIpc) is 2.44. The average molecular weight is 313 g/mol. The van der Waals surface area contributed by atoms with Crippen LogP contribution in [0, 0.1) is 5.92 Å². The van der Waals surface area contributed by atoms with E-state index in [-0.39, 0.29) is 5.75 Å². The molecule has 22 heavy (non-hydrogen) atoms. The lowest BCUT2D eigenvalue weighted by Crippen LogP contribution is -2.38. The SMILES string of the molecule is CCNC(=NCc1cccc(OC(F)F)c1)NCCC(C)C. The van der Waals surface area contributed by atoms with Gasteiger partial charge in [-0.05, 0) is 37.0 Å². The van der Waals surface area contributed by atoms with Crippen molar-refractivity contribution in [2.45, 2.75) is 40.3 Å². The molecule has 0 aromatic heterocycles. The molecule has 124 valence electrons. The molecule has 0 atom stereocenters. The first-order valence-electron chi connectivity index (χ1n) is 7.57.